The van der Waals surface area contributed by atoms with E-state index in [1.807, 2.05) is 12.1 Å². The molecule has 2 aliphatic heterocycles. The lowest BCUT2D eigenvalue weighted by Crippen LogP contribution is -2.55. The van der Waals surface area contributed by atoms with Crippen LogP contribution in [0.2, 0.25) is 0 Å². The second kappa shape index (κ2) is 6.43. The van der Waals surface area contributed by atoms with Gasteiger partial charge in [-0.1, -0.05) is 6.07 Å². The smallest absolute Gasteiger partial charge is 0.254 e. The van der Waals surface area contributed by atoms with E-state index in [1.54, 1.807) is 35.5 Å². The normalized spacial score (nSPS) is 15.6. The van der Waals surface area contributed by atoms with Crippen molar-refractivity contribution in [2.45, 2.75) is 6.54 Å². The first-order valence-electron chi connectivity index (χ1n) is 8.06. The highest BCUT2D eigenvalue weighted by molar-refractivity contribution is 5.96. The van der Waals surface area contributed by atoms with Crippen LogP contribution in [-0.2, 0) is 11.3 Å². The standard InChI is InChI=1S/C18H17N3O4/c22-17(20-8-12-2-1-5-19-7-12)14-9-21(10-14)18(23)13-3-4-15-16(6-13)25-11-24-15/h1-7,14H,8-11H2,(H,20,22). The summed E-state index contributed by atoms with van der Waals surface area (Å²) in [6, 6.07) is 8.86. The molecule has 2 amide bonds. The van der Waals surface area contributed by atoms with Gasteiger partial charge in [0, 0.05) is 37.6 Å². The Morgan fingerprint density at radius 2 is 2.04 bits per heavy atom. The maximum atomic E-state index is 12.5. The molecule has 7 nitrogen and oxygen atoms in total. The Labute approximate surface area is 144 Å². The molecule has 1 fully saturated rings. The number of pyridine rings is 1. The van der Waals surface area contributed by atoms with Gasteiger partial charge in [0.05, 0.1) is 5.92 Å². The molecular weight excluding hydrogens is 322 g/mol. The fourth-order valence-electron chi connectivity index (χ4n) is 2.86. The first-order chi connectivity index (χ1) is 12.2. The highest BCUT2D eigenvalue weighted by Gasteiger charge is 2.36. The van der Waals surface area contributed by atoms with Crippen LogP contribution in [0.4, 0.5) is 0 Å². The fourth-order valence-corrected chi connectivity index (χ4v) is 2.86. The molecule has 0 atom stereocenters. The van der Waals surface area contributed by atoms with Gasteiger partial charge in [0.15, 0.2) is 11.5 Å². The third-order valence-corrected chi connectivity index (χ3v) is 4.35. The summed E-state index contributed by atoms with van der Waals surface area (Å²) in [5.41, 5.74) is 1.49. The Hall–Kier alpha value is -3.09. The number of nitrogens with zero attached hydrogens (tertiary/aromatic N) is 2. The summed E-state index contributed by atoms with van der Waals surface area (Å²) < 4.78 is 10.5. The highest BCUT2D eigenvalue weighted by atomic mass is 16.7. The van der Waals surface area contributed by atoms with Gasteiger partial charge in [-0.3, -0.25) is 14.6 Å². The van der Waals surface area contributed by atoms with E-state index in [0.29, 0.717) is 36.7 Å². The summed E-state index contributed by atoms with van der Waals surface area (Å²) in [5.74, 6) is 0.910. The minimum Gasteiger partial charge on any atom is -0.454 e. The average molecular weight is 339 g/mol. The minimum absolute atomic E-state index is 0.0430. The van der Waals surface area contributed by atoms with Crippen molar-refractivity contribution in [1.82, 2.24) is 15.2 Å². The number of hydrogen-bond donors (Lipinski definition) is 1. The van der Waals surface area contributed by atoms with Crippen molar-refractivity contribution < 1.29 is 19.1 Å². The van der Waals surface area contributed by atoms with Gasteiger partial charge in [-0.15, -0.1) is 0 Å². The molecule has 128 valence electrons. The lowest BCUT2D eigenvalue weighted by molar-refractivity contribution is -0.129. The minimum atomic E-state index is -0.172. The third kappa shape index (κ3) is 3.13. The Morgan fingerprint density at radius 3 is 2.84 bits per heavy atom. The van der Waals surface area contributed by atoms with Crippen LogP contribution in [0.15, 0.2) is 42.7 Å². The Balaban J connectivity index is 1.29. The van der Waals surface area contributed by atoms with Gasteiger partial charge in [-0.05, 0) is 29.8 Å². The van der Waals surface area contributed by atoms with E-state index in [0.717, 1.165) is 5.56 Å². The SMILES string of the molecule is O=C(NCc1cccnc1)C1CN(C(=O)c2ccc3c(c2)OCO3)C1. The molecule has 0 radical (unpaired) electrons. The van der Waals surface area contributed by atoms with E-state index in [4.69, 9.17) is 9.47 Å². The molecule has 0 unspecified atom stereocenters. The number of nitrogens with one attached hydrogen (secondary N) is 1. The largest absolute Gasteiger partial charge is 0.454 e. The van der Waals surface area contributed by atoms with E-state index >= 15 is 0 Å². The number of likely N-dealkylation sites (tertiary alicyclic amines) is 1. The summed E-state index contributed by atoms with van der Waals surface area (Å²) in [6.07, 6.45) is 3.41. The second-order valence-electron chi connectivity index (χ2n) is 6.05. The molecule has 1 aromatic carbocycles. The molecule has 4 rings (SSSR count). The molecular formula is C18H17N3O4. The Kier molecular flexibility index (Phi) is 3.97. The van der Waals surface area contributed by atoms with Crippen LogP contribution in [0.1, 0.15) is 15.9 Å². The van der Waals surface area contributed by atoms with E-state index in [1.165, 1.54) is 0 Å². The van der Waals surface area contributed by atoms with Crippen molar-refractivity contribution in [3.05, 3.63) is 53.9 Å². The lowest BCUT2D eigenvalue weighted by Gasteiger charge is -2.38. The molecule has 0 saturated carbocycles. The number of carbonyl (C=O) groups excluding carboxylic acids is 2. The summed E-state index contributed by atoms with van der Waals surface area (Å²) in [4.78, 5) is 30.3. The zero-order valence-electron chi connectivity index (χ0n) is 13.5. The van der Waals surface area contributed by atoms with Gasteiger partial charge in [0.1, 0.15) is 0 Å². The van der Waals surface area contributed by atoms with Crippen LogP contribution >= 0.6 is 0 Å². The van der Waals surface area contributed by atoms with Crippen LogP contribution in [0, 0.1) is 5.92 Å². The number of benzene rings is 1. The van der Waals surface area contributed by atoms with Crippen molar-refractivity contribution in [3.63, 3.8) is 0 Å². The van der Waals surface area contributed by atoms with Gasteiger partial charge in [0.2, 0.25) is 12.7 Å². The topological polar surface area (TPSA) is 80.8 Å². The Morgan fingerprint density at radius 1 is 1.20 bits per heavy atom. The number of hydrogen-bond acceptors (Lipinski definition) is 5. The lowest BCUT2D eigenvalue weighted by atomic mass is 9.97. The third-order valence-electron chi connectivity index (χ3n) is 4.35. The fraction of sp³-hybridized carbons (Fsp3) is 0.278. The van der Waals surface area contributed by atoms with Gasteiger partial charge < -0.3 is 19.7 Å². The molecule has 1 saturated heterocycles. The first-order valence-corrected chi connectivity index (χ1v) is 8.06. The van der Waals surface area contributed by atoms with Crippen molar-refractivity contribution in [2.24, 2.45) is 5.92 Å². The van der Waals surface area contributed by atoms with Crippen LogP contribution in [-0.4, -0.2) is 41.6 Å². The quantitative estimate of drug-likeness (QED) is 0.905. The van der Waals surface area contributed by atoms with Crippen LogP contribution < -0.4 is 14.8 Å². The maximum Gasteiger partial charge on any atom is 0.254 e. The Bertz CT molecular complexity index is 803. The molecule has 0 spiro atoms. The number of fused-ring (bicyclic) bond motifs is 1. The summed E-state index contributed by atoms with van der Waals surface area (Å²) in [5, 5.41) is 2.88. The van der Waals surface area contributed by atoms with E-state index < -0.39 is 0 Å². The van der Waals surface area contributed by atoms with E-state index in [-0.39, 0.29) is 24.5 Å². The molecule has 3 heterocycles. The number of aromatic nitrogens is 1. The van der Waals surface area contributed by atoms with Crippen LogP contribution in [0.3, 0.4) is 0 Å². The predicted molar refractivity (Wildman–Crippen MR) is 88.0 cm³/mol. The molecule has 25 heavy (non-hydrogen) atoms. The van der Waals surface area contributed by atoms with E-state index in [2.05, 4.69) is 10.3 Å². The number of ether oxygens (including phenoxy) is 2. The molecule has 7 heteroatoms. The summed E-state index contributed by atoms with van der Waals surface area (Å²) in [7, 11) is 0. The van der Waals surface area contributed by atoms with Crippen molar-refractivity contribution in [1.29, 1.82) is 0 Å². The molecule has 1 N–H and O–H groups in total. The summed E-state index contributed by atoms with van der Waals surface area (Å²) >= 11 is 0. The highest BCUT2D eigenvalue weighted by Crippen LogP contribution is 2.33. The van der Waals surface area contributed by atoms with Crippen molar-refractivity contribution in [3.8, 4) is 11.5 Å². The average Bonchev–Trinajstić information content (AvgIpc) is 3.07. The van der Waals surface area contributed by atoms with Gasteiger partial charge in [-0.25, -0.2) is 0 Å². The van der Waals surface area contributed by atoms with Crippen molar-refractivity contribution in [2.75, 3.05) is 19.9 Å². The molecule has 0 bridgehead atoms. The maximum absolute atomic E-state index is 12.5. The predicted octanol–water partition coefficient (Wildman–Crippen LogP) is 1.20. The first kappa shape index (κ1) is 15.4. The van der Waals surface area contributed by atoms with Crippen LogP contribution in [0.5, 0.6) is 11.5 Å². The van der Waals surface area contributed by atoms with Gasteiger partial charge in [0.25, 0.3) is 5.91 Å². The zero-order chi connectivity index (χ0) is 17.2. The molecule has 2 aromatic rings. The van der Waals surface area contributed by atoms with Crippen molar-refractivity contribution >= 4 is 11.8 Å². The monoisotopic (exact) mass is 339 g/mol. The number of rotatable bonds is 4. The van der Waals surface area contributed by atoms with E-state index in [9.17, 15) is 9.59 Å². The zero-order valence-corrected chi connectivity index (χ0v) is 13.5. The molecule has 1 aromatic heterocycles. The molecule has 2 aliphatic rings. The van der Waals surface area contributed by atoms with Crippen LogP contribution in [0.25, 0.3) is 0 Å². The van der Waals surface area contributed by atoms with Gasteiger partial charge in [-0.2, -0.15) is 0 Å². The second-order valence-corrected chi connectivity index (χ2v) is 6.05. The van der Waals surface area contributed by atoms with Gasteiger partial charge >= 0.3 is 0 Å². The number of amides is 2. The number of carbonyl (C=O) groups is 2. The summed E-state index contributed by atoms with van der Waals surface area (Å²) in [6.45, 7) is 1.47. The molecule has 0 aliphatic carbocycles.